The molecule has 2 aromatic carbocycles. The third kappa shape index (κ3) is 3.64. The molecule has 4 rings (SSSR count). The molecule has 0 aliphatic rings. The Morgan fingerprint density at radius 3 is 2.61 bits per heavy atom. The van der Waals surface area contributed by atoms with Crippen molar-refractivity contribution in [2.45, 2.75) is 4.90 Å². The number of likely N-dealkylation sites (N-methyl/N-ethyl adjacent to an activating group) is 1. The van der Waals surface area contributed by atoms with Crippen LogP contribution in [0.5, 0.6) is 0 Å². The van der Waals surface area contributed by atoms with E-state index in [1.165, 1.54) is 0 Å². The first-order valence-electron chi connectivity index (χ1n) is 9.07. The SMILES string of the molecule is CN(C)CCNS(=O)c1cccc2[nH]c(-c3cc4ccccc4[nH]c3=O)cc12. The first-order chi connectivity index (χ1) is 13.5. The zero-order valence-corrected chi connectivity index (χ0v) is 16.6. The van der Waals surface area contributed by atoms with Gasteiger partial charge in [-0.3, -0.25) is 4.79 Å². The van der Waals surface area contributed by atoms with Gasteiger partial charge in [0.15, 0.2) is 0 Å². The van der Waals surface area contributed by atoms with Crippen LogP contribution in [0.2, 0.25) is 0 Å². The van der Waals surface area contributed by atoms with E-state index >= 15 is 0 Å². The largest absolute Gasteiger partial charge is 0.354 e. The third-order valence-corrected chi connectivity index (χ3v) is 5.88. The molecule has 2 heterocycles. The molecule has 0 amide bonds. The molecule has 0 aliphatic heterocycles. The van der Waals surface area contributed by atoms with Crippen LogP contribution in [0.3, 0.4) is 0 Å². The molecule has 0 radical (unpaired) electrons. The van der Waals surface area contributed by atoms with Crippen LogP contribution in [0, 0.1) is 0 Å². The zero-order chi connectivity index (χ0) is 19.7. The van der Waals surface area contributed by atoms with Crippen molar-refractivity contribution in [1.29, 1.82) is 0 Å². The van der Waals surface area contributed by atoms with Crippen LogP contribution < -0.4 is 10.3 Å². The molecule has 1 atom stereocenters. The van der Waals surface area contributed by atoms with E-state index in [0.717, 1.165) is 28.4 Å². The number of rotatable bonds is 6. The zero-order valence-electron chi connectivity index (χ0n) is 15.8. The van der Waals surface area contributed by atoms with Gasteiger partial charge in [-0.05, 0) is 49.8 Å². The van der Waals surface area contributed by atoms with Crippen molar-refractivity contribution >= 4 is 32.8 Å². The van der Waals surface area contributed by atoms with Crippen LogP contribution in [-0.4, -0.2) is 46.3 Å². The summed E-state index contributed by atoms with van der Waals surface area (Å²) >= 11 is 0. The first-order valence-corrected chi connectivity index (χ1v) is 10.2. The first kappa shape index (κ1) is 18.6. The lowest BCUT2D eigenvalue weighted by Gasteiger charge is -2.10. The molecule has 2 aromatic heterocycles. The van der Waals surface area contributed by atoms with E-state index in [2.05, 4.69) is 14.7 Å². The van der Waals surface area contributed by atoms with Crippen molar-refractivity contribution in [3.8, 4) is 11.3 Å². The van der Waals surface area contributed by atoms with Gasteiger partial charge in [-0.15, -0.1) is 0 Å². The normalized spacial score (nSPS) is 12.8. The number of aromatic nitrogens is 2. The number of fused-ring (bicyclic) bond motifs is 2. The fraction of sp³-hybridized carbons (Fsp3) is 0.190. The van der Waals surface area contributed by atoms with Crippen LogP contribution >= 0.6 is 0 Å². The van der Waals surface area contributed by atoms with Crippen LogP contribution in [0.25, 0.3) is 33.1 Å². The van der Waals surface area contributed by atoms with Crippen molar-refractivity contribution in [3.05, 3.63) is 65.0 Å². The Bertz CT molecular complexity index is 1230. The van der Waals surface area contributed by atoms with Crippen molar-refractivity contribution in [2.24, 2.45) is 0 Å². The average Bonchev–Trinajstić information content (AvgIpc) is 3.11. The second-order valence-corrected chi connectivity index (χ2v) is 8.23. The molecule has 0 saturated heterocycles. The molecule has 3 N–H and O–H groups in total. The van der Waals surface area contributed by atoms with Gasteiger partial charge in [0, 0.05) is 29.5 Å². The quantitative estimate of drug-likeness (QED) is 0.470. The molecule has 0 bridgehead atoms. The lowest BCUT2D eigenvalue weighted by molar-refractivity contribution is 0.414. The number of benzene rings is 2. The molecule has 144 valence electrons. The number of pyridine rings is 1. The minimum atomic E-state index is -1.33. The molecule has 0 spiro atoms. The Labute approximate surface area is 165 Å². The predicted molar refractivity (Wildman–Crippen MR) is 115 cm³/mol. The van der Waals surface area contributed by atoms with Gasteiger partial charge in [-0.25, -0.2) is 8.93 Å². The second kappa shape index (κ2) is 7.71. The average molecular weight is 395 g/mol. The molecule has 1 unspecified atom stereocenters. The number of hydrogen-bond donors (Lipinski definition) is 3. The Morgan fingerprint density at radius 2 is 1.79 bits per heavy atom. The van der Waals surface area contributed by atoms with Gasteiger partial charge >= 0.3 is 0 Å². The van der Waals surface area contributed by atoms with E-state index in [1.807, 2.05) is 73.6 Å². The lowest BCUT2D eigenvalue weighted by atomic mass is 10.1. The van der Waals surface area contributed by atoms with Crippen molar-refractivity contribution in [1.82, 2.24) is 19.6 Å². The van der Waals surface area contributed by atoms with Crippen LogP contribution in [-0.2, 0) is 11.0 Å². The van der Waals surface area contributed by atoms with E-state index in [-0.39, 0.29) is 5.56 Å². The van der Waals surface area contributed by atoms with Gasteiger partial charge in [0.25, 0.3) is 5.56 Å². The summed E-state index contributed by atoms with van der Waals surface area (Å²) < 4.78 is 15.8. The highest BCUT2D eigenvalue weighted by atomic mass is 32.2. The van der Waals surface area contributed by atoms with Gasteiger partial charge in [0.2, 0.25) is 0 Å². The summed E-state index contributed by atoms with van der Waals surface area (Å²) in [4.78, 5) is 21.5. The fourth-order valence-electron chi connectivity index (χ4n) is 3.22. The van der Waals surface area contributed by atoms with Gasteiger partial charge in [-0.2, -0.15) is 0 Å². The maximum absolute atomic E-state index is 12.7. The van der Waals surface area contributed by atoms with Crippen LogP contribution in [0.1, 0.15) is 0 Å². The van der Waals surface area contributed by atoms with Crippen LogP contribution in [0.4, 0.5) is 0 Å². The van der Waals surface area contributed by atoms with Gasteiger partial charge in [0.1, 0.15) is 11.0 Å². The number of nitrogens with zero attached hydrogens (tertiary/aromatic N) is 1. The van der Waals surface area contributed by atoms with Gasteiger partial charge in [0.05, 0.1) is 16.2 Å². The Morgan fingerprint density at radius 1 is 1.00 bits per heavy atom. The molecule has 7 heteroatoms. The molecule has 0 aliphatic carbocycles. The summed E-state index contributed by atoms with van der Waals surface area (Å²) in [7, 11) is 2.63. The third-order valence-electron chi connectivity index (χ3n) is 4.66. The molecule has 0 saturated carbocycles. The monoisotopic (exact) mass is 394 g/mol. The maximum Gasteiger partial charge on any atom is 0.257 e. The van der Waals surface area contributed by atoms with E-state index in [0.29, 0.717) is 22.7 Å². The minimum absolute atomic E-state index is 0.156. The summed E-state index contributed by atoms with van der Waals surface area (Å²) in [5.41, 5.74) is 2.77. The van der Waals surface area contributed by atoms with Crippen LogP contribution in [0.15, 0.2) is 64.3 Å². The minimum Gasteiger partial charge on any atom is -0.354 e. The summed E-state index contributed by atoms with van der Waals surface area (Å²) in [5.74, 6) is 0. The summed E-state index contributed by atoms with van der Waals surface area (Å²) in [5, 5.41) is 1.81. The highest BCUT2D eigenvalue weighted by Gasteiger charge is 2.14. The standard InChI is InChI=1S/C21H22N4O2S/c1-25(2)11-10-22-28(27)20-9-5-8-18-15(20)13-19(23-18)16-12-14-6-3-4-7-17(14)24-21(16)26/h3-9,12-13,22-23H,10-11H2,1-2H3,(H,24,26). The summed E-state index contributed by atoms with van der Waals surface area (Å²) in [6.45, 7) is 1.42. The molecule has 28 heavy (non-hydrogen) atoms. The van der Waals surface area contributed by atoms with Crippen molar-refractivity contribution in [2.75, 3.05) is 27.2 Å². The Kier molecular flexibility index (Phi) is 5.13. The highest BCUT2D eigenvalue weighted by molar-refractivity contribution is 7.83. The number of H-pyrrole nitrogens is 2. The summed E-state index contributed by atoms with van der Waals surface area (Å²) in [6, 6.07) is 17.1. The number of aromatic amines is 2. The highest BCUT2D eigenvalue weighted by Crippen LogP contribution is 2.27. The number of para-hydroxylation sites is 1. The smallest absolute Gasteiger partial charge is 0.257 e. The van der Waals surface area contributed by atoms with E-state index < -0.39 is 11.0 Å². The lowest BCUT2D eigenvalue weighted by Crippen LogP contribution is -2.28. The number of hydrogen-bond acceptors (Lipinski definition) is 3. The van der Waals surface area contributed by atoms with E-state index in [1.54, 1.807) is 0 Å². The van der Waals surface area contributed by atoms with E-state index in [4.69, 9.17) is 0 Å². The van der Waals surface area contributed by atoms with Crippen molar-refractivity contribution < 1.29 is 4.21 Å². The molecule has 4 aromatic rings. The molecular formula is C21H22N4O2S. The second-order valence-electron chi connectivity index (χ2n) is 6.97. The molecule has 6 nitrogen and oxygen atoms in total. The Hall–Kier alpha value is -2.74. The summed E-state index contributed by atoms with van der Waals surface area (Å²) in [6.07, 6.45) is 0. The maximum atomic E-state index is 12.7. The van der Waals surface area contributed by atoms with Gasteiger partial charge in [-0.1, -0.05) is 24.3 Å². The topological polar surface area (TPSA) is 81.0 Å². The van der Waals surface area contributed by atoms with E-state index in [9.17, 15) is 9.00 Å². The Balaban J connectivity index is 1.74. The molecule has 0 fully saturated rings. The fourth-order valence-corrected chi connectivity index (χ4v) is 4.22. The molecular weight excluding hydrogens is 372 g/mol. The number of nitrogens with one attached hydrogen (secondary N) is 3. The van der Waals surface area contributed by atoms with Gasteiger partial charge < -0.3 is 14.9 Å². The predicted octanol–water partition coefficient (Wildman–Crippen LogP) is 2.85. The van der Waals surface area contributed by atoms with Crippen molar-refractivity contribution in [3.63, 3.8) is 0 Å².